The van der Waals surface area contributed by atoms with E-state index in [0.717, 1.165) is 31.4 Å². The van der Waals surface area contributed by atoms with Crippen LogP contribution < -0.4 is 10.1 Å². The Morgan fingerprint density at radius 3 is 2.88 bits per heavy atom. The molecule has 1 amide bonds. The van der Waals surface area contributed by atoms with Crippen molar-refractivity contribution < 1.29 is 13.9 Å². The maximum Gasteiger partial charge on any atom is 0.237 e. The number of carbonyl (C=O) groups excluding carboxylic acids is 1. The largest absolute Gasteiger partial charge is 0.473 e. The Balaban J connectivity index is 1.58. The fourth-order valence-corrected chi connectivity index (χ4v) is 3.24. The fourth-order valence-electron chi connectivity index (χ4n) is 3.24. The minimum atomic E-state index is -0.283. The Bertz CT molecular complexity index is 736. The highest BCUT2D eigenvalue weighted by atomic mass is 19.1. The molecular weight excluding hydrogens is 333 g/mol. The number of benzene rings is 1. The van der Waals surface area contributed by atoms with Gasteiger partial charge in [-0.05, 0) is 31.0 Å². The lowest BCUT2D eigenvalue weighted by atomic mass is 10.0. The van der Waals surface area contributed by atoms with E-state index >= 15 is 0 Å². The first-order chi connectivity index (χ1) is 12.7. The maximum atomic E-state index is 13.6. The van der Waals surface area contributed by atoms with Crippen LogP contribution in [-0.4, -0.2) is 35.4 Å². The van der Waals surface area contributed by atoms with Gasteiger partial charge in [-0.25, -0.2) is 9.37 Å². The van der Waals surface area contributed by atoms with Crippen LogP contribution in [0.2, 0.25) is 0 Å². The molecule has 1 fully saturated rings. The monoisotopic (exact) mass is 357 g/mol. The van der Waals surface area contributed by atoms with Gasteiger partial charge in [-0.15, -0.1) is 0 Å². The molecule has 2 aromatic rings. The van der Waals surface area contributed by atoms with Crippen LogP contribution in [0.3, 0.4) is 0 Å². The highest BCUT2D eigenvalue weighted by Crippen LogP contribution is 2.20. The zero-order valence-electron chi connectivity index (χ0n) is 15.0. The molecule has 3 rings (SSSR count). The summed E-state index contributed by atoms with van der Waals surface area (Å²) in [7, 11) is 1.68. The normalized spacial score (nSPS) is 17.7. The van der Waals surface area contributed by atoms with Gasteiger partial charge in [-0.1, -0.05) is 30.7 Å². The number of halogens is 1. The van der Waals surface area contributed by atoms with Crippen molar-refractivity contribution in [3.8, 4) is 5.88 Å². The van der Waals surface area contributed by atoms with E-state index in [4.69, 9.17) is 4.74 Å². The lowest BCUT2D eigenvalue weighted by Crippen LogP contribution is -2.48. The number of nitrogens with one attached hydrogen (secondary N) is 1. The second-order valence-electron chi connectivity index (χ2n) is 6.48. The molecule has 1 unspecified atom stereocenters. The quantitative estimate of drug-likeness (QED) is 0.864. The molecule has 1 aliphatic heterocycles. The van der Waals surface area contributed by atoms with Crippen molar-refractivity contribution in [3.05, 3.63) is 59.5 Å². The van der Waals surface area contributed by atoms with Crippen LogP contribution in [0.15, 0.2) is 42.6 Å². The summed E-state index contributed by atoms with van der Waals surface area (Å²) in [4.78, 5) is 18.6. The van der Waals surface area contributed by atoms with Crippen LogP contribution in [0.25, 0.3) is 0 Å². The van der Waals surface area contributed by atoms with Gasteiger partial charge in [0.05, 0.1) is 6.04 Å². The lowest BCUT2D eigenvalue weighted by molar-refractivity contribution is -0.127. The predicted molar refractivity (Wildman–Crippen MR) is 97.1 cm³/mol. The molecule has 138 valence electrons. The molecule has 1 aromatic heterocycles. The Hall–Kier alpha value is -2.47. The second kappa shape index (κ2) is 8.76. The molecule has 1 saturated heterocycles. The summed E-state index contributed by atoms with van der Waals surface area (Å²) in [5.41, 5.74) is 1.53. The number of rotatable bonds is 6. The van der Waals surface area contributed by atoms with Crippen molar-refractivity contribution in [3.63, 3.8) is 0 Å². The van der Waals surface area contributed by atoms with E-state index in [1.54, 1.807) is 37.5 Å². The Kier molecular flexibility index (Phi) is 6.17. The third-order valence-electron chi connectivity index (χ3n) is 4.68. The topological polar surface area (TPSA) is 54.5 Å². The average Bonchev–Trinajstić information content (AvgIpc) is 2.68. The van der Waals surface area contributed by atoms with E-state index in [1.165, 1.54) is 6.07 Å². The number of carbonyl (C=O) groups is 1. The molecule has 2 heterocycles. The van der Waals surface area contributed by atoms with Crippen LogP contribution in [0.4, 0.5) is 4.39 Å². The van der Waals surface area contributed by atoms with Crippen molar-refractivity contribution in [2.75, 3.05) is 13.6 Å². The van der Waals surface area contributed by atoms with Gasteiger partial charge in [-0.3, -0.25) is 9.69 Å². The van der Waals surface area contributed by atoms with Crippen molar-refractivity contribution in [1.29, 1.82) is 0 Å². The van der Waals surface area contributed by atoms with Gasteiger partial charge >= 0.3 is 0 Å². The van der Waals surface area contributed by atoms with Crippen LogP contribution in [-0.2, 0) is 17.9 Å². The summed E-state index contributed by atoms with van der Waals surface area (Å²) in [6.07, 6.45) is 4.82. The number of pyridine rings is 1. The third kappa shape index (κ3) is 4.58. The first-order valence-electron chi connectivity index (χ1n) is 8.94. The average molecular weight is 357 g/mol. The van der Waals surface area contributed by atoms with Crippen molar-refractivity contribution >= 4 is 5.91 Å². The van der Waals surface area contributed by atoms with Crippen LogP contribution >= 0.6 is 0 Å². The van der Waals surface area contributed by atoms with Crippen molar-refractivity contribution in [2.24, 2.45) is 0 Å². The molecule has 1 atom stereocenters. The Morgan fingerprint density at radius 2 is 2.15 bits per heavy atom. The minimum absolute atomic E-state index is 0.0718. The van der Waals surface area contributed by atoms with Gasteiger partial charge in [0.25, 0.3) is 0 Å². The standard InChI is InChI=1S/C20H24FN3O2/c1-22-20(25)18-8-4-5-11-24(18)13-15-9-10-19(23-12-15)26-14-16-6-2-3-7-17(16)21/h2-3,6-7,9-10,12,18H,4-5,8,11,13-14H2,1H3,(H,22,25). The molecule has 1 aliphatic rings. The van der Waals surface area contributed by atoms with Gasteiger partial charge in [0.2, 0.25) is 11.8 Å². The zero-order chi connectivity index (χ0) is 18.4. The number of amides is 1. The van der Waals surface area contributed by atoms with E-state index in [2.05, 4.69) is 15.2 Å². The number of likely N-dealkylation sites (N-methyl/N-ethyl adjacent to an activating group) is 1. The van der Waals surface area contributed by atoms with E-state index < -0.39 is 0 Å². The number of hydrogen-bond donors (Lipinski definition) is 1. The van der Waals surface area contributed by atoms with E-state index in [-0.39, 0.29) is 24.4 Å². The van der Waals surface area contributed by atoms with Gasteiger partial charge in [0.1, 0.15) is 12.4 Å². The van der Waals surface area contributed by atoms with Crippen LogP contribution in [0, 0.1) is 5.82 Å². The molecule has 5 nitrogen and oxygen atoms in total. The first kappa shape index (κ1) is 18.3. The number of ether oxygens (including phenoxy) is 1. The third-order valence-corrected chi connectivity index (χ3v) is 4.68. The molecule has 0 saturated carbocycles. The van der Waals surface area contributed by atoms with Gasteiger partial charge < -0.3 is 10.1 Å². The molecule has 1 N–H and O–H groups in total. The summed E-state index contributed by atoms with van der Waals surface area (Å²) in [5.74, 6) is 0.246. The SMILES string of the molecule is CNC(=O)C1CCCCN1Cc1ccc(OCc2ccccc2F)nc1. The number of hydrogen-bond acceptors (Lipinski definition) is 4. The Morgan fingerprint density at radius 1 is 1.31 bits per heavy atom. The summed E-state index contributed by atoms with van der Waals surface area (Å²) >= 11 is 0. The van der Waals surface area contributed by atoms with Gasteiger partial charge in [0, 0.05) is 31.4 Å². The lowest BCUT2D eigenvalue weighted by Gasteiger charge is -2.34. The van der Waals surface area contributed by atoms with Crippen LogP contribution in [0.1, 0.15) is 30.4 Å². The zero-order valence-corrected chi connectivity index (χ0v) is 15.0. The molecule has 0 spiro atoms. The number of likely N-dealkylation sites (tertiary alicyclic amines) is 1. The summed E-state index contributed by atoms with van der Waals surface area (Å²) in [6.45, 7) is 1.73. The minimum Gasteiger partial charge on any atom is -0.473 e. The van der Waals surface area contributed by atoms with E-state index in [9.17, 15) is 9.18 Å². The van der Waals surface area contributed by atoms with E-state index in [1.807, 2.05) is 6.07 Å². The van der Waals surface area contributed by atoms with Crippen molar-refractivity contribution in [2.45, 2.75) is 38.5 Å². The number of aromatic nitrogens is 1. The second-order valence-corrected chi connectivity index (χ2v) is 6.48. The summed E-state index contributed by atoms with van der Waals surface area (Å²) < 4.78 is 19.2. The van der Waals surface area contributed by atoms with Gasteiger partial charge in [0.15, 0.2) is 0 Å². The summed E-state index contributed by atoms with van der Waals surface area (Å²) in [5, 5.41) is 2.75. The fraction of sp³-hybridized carbons (Fsp3) is 0.400. The predicted octanol–water partition coefficient (Wildman–Crippen LogP) is 2.90. The molecule has 0 bridgehead atoms. The van der Waals surface area contributed by atoms with Crippen LogP contribution in [0.5, 0.6) is 5.88 Å². The number of nitrogens with zero attached hydrogens (tertiary/aromatic N) is 2. The smallest absolute Gasteiger partial charge is 0.237 e. The number of piperidine rings is 1. The highest BCUT2D eigenvalue weighted by molar-refractivity contribution is 5.81. The molecule has 26 heavy (non-hydrogen) atoms. The molecule has 0 aliphatic carbocycles. The highest BCUT2D eigenvalue weighted by Gasteiger charge is 2.27. The molecule has 1 aromatic carbocycles. The molecular formula is C20H24FN3O2. The molecule has 6 heteroatoms. The summed E-state index contributed by atoms with van der Waals surface area (Å²) in [6, 6.07) is 10.2. The Labute approximate surface area is 153 Å². The first-order valence-corrected chi connectivity index (χ1v) is 8.94. The van der Waals surface area contributed by atoms with Gasteiger partial charge in [-0.2, -0.15) is 0 Å². The van der Waals surface area contributed by atoms with E-state index in [0.29, 0.717) is 18.0 Å². The maximum absolute atomic E-state index is 13.6. The van der Waals surface area contributed by atoms with Crippen molar-refractivity contribution in [1.82, 2.24) is 15.2 Å². The molecule has 0 radical (unpaired) electrons.